The Bertz CT molecular complexity index is 512. The predicted octanol–water partition coefficient (Wildman–Crippen LogP) is 4.39. The van der Waals surface area contributed by atoms with E-state index in [4.69, 9.17) is 42.6 Å². The molecule has 0 unspecified atom stereocenters. The van der Waals surface area contributed by atoms with Gasteiger partial charge in [0.15, 0.2) is 5.92 Å². The van der Waals surface area contributed by atoms with Crippen LogP contribution in [0.15, 0.2) is 0 Å². The lowest BCUT2D eigenvalue weighted by atomic mass is 10.1. The van der Waals surface area contributed by atoms with E-state index in [2.05, 4.69) is 11.7 Å². The minimum atomic E-state index is -0.821. The van der Waals surface area contributed by atoms with Crippen LogP contribution in [0.5, 0.6) is 0 Å². The summed E-state index contributed by atoms with van der Waals surface area (Å²) in [4.78, 5) is 22.6. The average Bonchev–Trinajstić information content (AvgIpc) is 3.04. The van der Waals surface area contributed by atoms with E-state index in [0.717, 1.165) is 12.8 Å². The van der Waals surface area contributed by atoms with E-state index in [0.29, 0.717) is 112 Å². The van der Waals surface area contributed by atoms with Gasteiger partial charge in [-0.05, 0) is 13.3 Å². The highest BCUT2D eigenvalue weighted by molar-refractivity contribution is 5.94. The van der Waals surface area contributed by atoms with Crippen molar-refractivity contribution in [3.8, 4) is 0 Å². The number of hydrogen-bond donors (Lipinski definition) is 0. The van der Waals surface area contributed by atoms with Crippen molar-refractivity contribution in [2.24, 2.45) is 5.92 Å². The van der Waals surface area contributed by atoms with Crippen LogP contribution >= 0.6 is 0 Å². The minimum Gasteiger partial charge on any atom is -0.468 e. The van der Waals surface area contributed by atoms with Crippen molar-refractivity contribution >= 4 is 11.9 Å². The number of unbranched alkanes of at least 4 members (excludes halogenated alkanes) is 9. The number of rotatable bonds is 13. The zero-order valence-electron chi connectivity index (χ0n) is 28.6. The monoisotopic (exact) mass is 652 g/mol. The highest BCUT2D eigenvalue weighted by Crippen LogP contribution is 2.11. The minimum absolute atomic E-state index is 0.399. The molecule has 0 aromatic heterocycles. The topological polar surface area (TPSA) is 126 Å². The summed E-state index contributed by atoms with van der Waals surface area (Å²) in [5.74, 6) is -1.85. The Labute approximate surface area is 272 Å². The summed E-state index contributed by atoms with van der Waals surface area (Å²) < 4.78 is 51.3. The molecule has 2 rings (SSSR count). The van der Waals surface area contributed by atoms with Crippen LogP contribution in [-0.2, 0) is 57.0 Å². The highest BCUT2D eigenvalue weighted by Gasteiger charge is 2.23. The Morgan fingerprint density at radius 2 is 0.733 bits per heavy atom. The summed E-state index contributed by atoms with van der Waals surface area (Å²) in [5, 5.41) is 0. The summed E-state index contributed by atoms with van der Waals surface area (Å²) in [7, 11) is 1.27. The van der Waals surface area contributed by atoms with Gasteiger partial charge in [0.25, 0.3) is 0 Å². The summed E-state index contributed by atoms with van der Waals surface area (Å²) in [6.45, 7) is 14.4. The molecule has 1 atom stereocenters. The molecule has 12 nitrogen and oxygen atoms in total. The van der Waals surface area contributed by atoms with Crippen molar-refractivity contribution in [3.63, 3.8) is 0 Å². The smallest absolute Gasteiger partial charge is 0.320 e. The van der Waals surface area contributed by atoms with Crippen LogP contribution in [0.2, 0.25) is 0 Å². The van der Waals surface area contributed by atoms with E-state index in [1.165, 1.54) is 65.4 Å². The van der Waals surface area contributed by atoms with E-state index < -0.39 is 17.9 Å². The maximum atomic E-state index is 11.5. The highest BCUT2D eigenvalue weighted by atomic mass is 16.6. The van der Waals surface area contributed by atoms with Crippen LogP contribution in [0.4, 0.5) is 0 Å². The zero-order valence-corrected chi connectivity index (χ0v) is 28.6. The van der Waals surface area contributed by atoms with Gasteiger partial charge >= 0.3 is 11.9 Å². The maximum absolute atomic E-state index is 11.5. The Kier molecular flexibility index (Phi) is 35.9. The number of methoxy groups -OCH3 is 1. The second-order valence-corrected chi connectivity index (χ2v) is 10.5. The fraction of sp³-hybridized carbons (Fsp3) is 0.939. The number of carbonyl (C=O) groups is 2. The van der Waals surface area contributed by atoms with Gasteiger partial charge in [0.1, 0.15) is 0 Å². The second kappa shape index (κ2) is 37.1. The largest absolute Gasteiger partial charge is 0.468 e. The number of esters is 2. The van der Waals surface area contributed by atoms with Gasteiger partial charge in [-0.1, -0.05) is 64.7 Å². The van der Waals surface area contributed by atoms with Gasteiger partial charge in [-0.25, -0.2) is 0 Å². The lowest BCUT2D eigenvalue weighted by molar-refractivity contribution is -0.159. The van der Waals surface area contributed by atoms with Crippen LogP contribution in [0, 0.1) is 5.92 Å². The van der Waals surface area contributed by atoms with Gasteiger partial charge in [0.05, 0.1) is 119 Å². The second-order valence-electron chi connectivity index (χ2n) is 10.5. The molecule has 0 aromatic carbocycles. The van der Waals surface area contributed by atoms with Gasteiger partial charge < -0.3 is 47.4 Å². The van der Waals surface area contributed by atoms with Gasteiger partial charge in [-0.15, -0.1) is 0 Å². The maximum Gasteiger partial charge on any atom is 0.320 e. The first-order valence-electron chi connectivity index (χ1n) is 17.0. The lowest BCUT2D eigenvalue weighted by Gasteiger charge is -2.09. The standard InChI is InChI=1S/C17H32O4.2C8H16O4/c1-4-5-6-7-8-9-10-11-12-13-14-21-17(19)15(2)16(18)20-3;2*1-2-10-5-6-12-8-7-11-4-3-9-1/h15H,4-14H2,1-3H3;2*1-8H2/t15-;;/m0../s1. The van der Waals surface area contributed by atoms with E-state index in [9.17, 15) is 9.59 Å². The molecule has 0 aromatic rings. The van der Waals surface area contributed by atoms with Crippen molar-refractivity contribution in [3.05, 3.63) is 0 Å². The number of hydrogen-bond acceptors (Lipinski definition) is 12. The van der Waals surface area contributed by atoms with Crippen molar-refractivity contribution in [2.45, 2.75) is 78.1 Å². The number of ether oxygens (including phenoxy) is 10. The van der Waals surface area contributed by atoms with Crippen molar-refractivity contribution in [1.29, 1.82) is 0 Å². The van der Waals surface area contributed by atoms with E-state index in [1.807, 2.05) is 0 Å². The first kappa shape index (κ1) is 43.6. The first-order chi connectivity index (χ1) is 22.1. The third-order valence-corrected chi connectivity index (χ3v) is 6.63. The molecule has 0 aliphatic carbocycles. The third-order valence-electron chi connectivity index (χ3n) is 6.63. The van der Waals surface area contributed by atoms with Crippen LogP contribution in [-0.4, -0.2) is 131 Å². The predicted molar refractivity (Wildman–Crippen MR) is 171 cm³/mol. The summed E-state index contributed by atoms with van der Waals surface area (Å²) in [6, 6.07) is 0. The van der Waals surface area contributed by atoms with Gasteiger partial charge in [0.2, 0.25) is 0 Å². The molecular formula is C33H64O12. The molecule has 0 spiro atoms. The molecule has 12 heteroatoms. The van der Waals surface area contributed by atoms with Crippen LogP contribution in [0.1, 0.15) is 78.1 Å². The fourth-order valence-electron chi connectivity index (χ4n) is 3.92. The fourth-order valence-corrected chi connectivity index (χ4v) is 3.92. The molecular weight excluding hydrogens is 588 g/mol. The molecule has 0 amide bonds. The van der Waals surface area contributed by atoms with Gasteiger partial charge in [-0.3, -0.25) is 9.59 Å². The van der Waals surface area contributed by atoms with Crippen LogP contribution < -0.4 is 0 Å². The van der Waals surface area contributed by atoms with E-state index in [1.54, 1.807) is 0 Å². The molecule has 0 saturated carbocycles. The molecule has 2 heterocycles. The third kappa shape index (κ3) is 33.8. The van der Waals surface area contributed by atoms with Crippen LogP contribution in [0.25, 0.3) is 0 Å². The molecule has 0 radical (unpaired) electrons. The van der Waals surface area contributed by atoms with Gasteiger partial charge in [-0.2, -0.15) is 0 Å². The summed E-state index contributed by atoms with van der Waals surface area (Å²) >= 11 is 0. The quantitative estimate of drug-likeness (QED) is 0.159. The summed E-state index contributed by atoms with van der Waals surface area (Å²) in [5.41, 5.74) is 0. The normalized spacial score (nSPS) is 18.4. The summed E-state index contributed by atoms with van der Waals surface area (Å²) in [6.07, 6.45) is 12.4. The SMILES string of the molecule is C1COCCOCCOCCO1.C1COCCOCCOCCO1.CCCCCCCCCCCCOC(=O)[C@@H](C)C(=O)OC. The number of carbonyl (C=O) groups excluding carboxylic acids is 2. The Balaban J connectivity index is 0.000000687. The molecule has 2 fully saturated rings. The molecule has 0 N–H and O–H groups in total. The molecule has 2 saturated heterocycles. The average molecular weight is 653 g/mol. The van der Waals surface area contributed by atoms with E-state index >= 15 is 0 Å². The zero-order chi connectivity index (χ0) is 32.9. The Morgan fingerprint density at radius 3 is 1.00 bits per heavy atom. The van der Waals surface area contributed by atoms with Crippen molar-refractivity contribution in [2.75, 3.05) is 119 Å². The van der Waals surface area contributed by atoms with Gasteiger partial charge in [0, 0.05) is 0 Å². The molecule has 0 bridgehead atoms. The van der Waals surface area contributed by atoms with Crippen molar-refractivity contribution < 1.29 is 57.0 Å². The lowest BCUT2D eigenvalue weighted by Crippen LogP contribution is -2.24. The van der Waals surface area contributed by atoms with Crippen LogP contribution in [0.3, 0.4) is 0 Å². The molecule has 45 heavy (non-hydrogen) atoms. The Morgan fingerprint density at radius 1 is 0.467 bits per heavy atom. The Hall–Kier alpha value is -1.38. The van der Waals surface area contributed by atoms with E-state index in [-0.39, 0.29) is 0 Å². The molecule has 2 aliphatic heterocycles. The van der Waals surface area contributed by atoms with Crippen molar-refractivity contribution in [1.82, 2.24) is 0 Å². The molecule has 2 aliphatic rings. The first-order valence-corrected chi connectivity index (χ1v) is 17.0. The molecule has 268 valence electrons.